The second kappa shape index (κ2) is 5.71. The maximum absolute atomic E-state index is 11.0. The van der Waals surface area contributed by atoms with Crippen LogP contribution in [0.4, 0.5) is 5.69 Å². The number of non-ortho nitro benzene ring substituents is 1. The Bertz CT molecular complexity index is 689. The summed E-state index contributed by atoms with van der Waals surface area (Å²) in [5.74, 6) is 2.77. The maximum Gasteiger partial charge on any atom is 0.269 e. The summed E-state index contributed by atoms with van der Waals surface area (Å²) < 4.78 is 0. The lowest BCUT2D eigenvalue weighted by atomic mass is 9.68. The van der Waals surface area contributed by atoms with Gasteiger partial charge < -0.3 is 5.11 Å². The zero-order valence-corrected chi connectivity index (χ0v) is 16.0. The van der Waals surface area contributed by atoms with E-state index >= 15 is 0 Å². The van der Waals surface area contributed by atoms with Crippen molar-refractivity contribution in [2.75, 3.05) is 12.4 Å². The molecule has 5 heteroatoms. The van der Waals surface area contributed by atoms with Gasteiger partial charge in [0.25, 0.3) is 5.69 Å². The maximum atomic E-state index is 11.0. The third-order valence-electron chi connectivity index (χ3n) is 7.95. The van der Waals surface area contributed by atoms with Gasteiger partial charge >= 0.3 is 0 Å². The van der Waals surface area contributed by atoms with E-state index < -0.39 is 0 Å². The molecule has 0 radical (unpaired) electrons. The van der Waals surface area contributed by atoms with E-state index in [0.717, 1.165) is 5.75 Å². The van der Waals surface area contributed by atoms with Crippen LogP contribution in [0.2, 0.25) is 0 Å². The summed E-state index contributed by atoms with van der Waals surface area (Å²) >= 11 is 2.07. The van der Waals surface area contributed by atoms with Crippen molar-refractivity contribution in [2.45, 2.75) is 44.8 Å². The van der Waals surface area contributed by atoms with Crippen molar-refractivity contribution in [1.82, 2.24) is 0 Å². The fourth-order valence-corrected chi connectivity index (χ4v) is 8.38. The average Bonchev–Trinajstić information content (AvgIpc) is 2.93. The molecule has 1 aromatic rings. The van der Waals surface area contributed by atoms with Crippen molar-refractivity contribution < 1.29 is 10.0 Å². The Morgan fingerprint density at radius 2 is 1.96 bits per heavy atom. The van der Waals surface area contributed by atoms with Crippen molar-refractivity contribution in [2.24, 2.45) is 28.6 Å². The Balaban J connectivity index is 1.75. The highest BCUT2D eigenvalue weighted by Gasteiger charge is 2.68. The van der Waals surface area contributed by atoms with Crippen molar-refractivity contribution in [3.63, 3.8) is 0 Å². The molecule has 2 saturated carbocycles. The number of aliphatic hydroxyl groups is 1. The minimum Gasteiger partial charge on any atom is -0.396 e. The van der Waals surface area contributed by atoms with E-state index in [-0.39, 0.29) is 23.1 Å². The monoisotopic (exact) mass is 361 g/mol. The van der Waals surface area contributed by atoms with Crippen LogP contribution in [-0.2, 0) is 0 Å². The van der Waals surface area contributed by atoms with Crippen LogP contribution in [0.3, 0.4) is 0 Å². The van der Waals surface area contributed by atoms with Crippen LogP contribution < -0.4 is 0 Å². The first-order valence-electron chi connectivity index (χ1n) is 9.28. The number of rotatable bonds is 3. The second-order valence-corrected chi connectivity index (χ2v) is 10.1. The van der Waals surface area contributed by atoms with Crippen LogP contribution in [0.25, 0.3) is 0 Å². The Labute approximate surface area is 153 Å². The van der Waals surface area contributed by atoms with E-state index in [0.29, 0.717) is 33.8 Å². The van der Waals surface area contributed by atoms with Crippen LogP contribution in [-0.4, -0.2) is 27.6 Å². The standard InChI is InChI=1S/C20H27NO3S/c1-19(2)15-8-9-20(19,3)18-17(15)16(13(10-22)11-25-18)12-4-6-14(7-5-12)21(23)24/h4-7,13,15-18,22H,8-11H2,1-3H3/t13-,15+,16-,17-,18+,20-/m0/s1. The van der Waals surface area contributed by atoms with Gasteiger partial charge in [-0.15, -0.1) is 0 Å². The number of hydrogen-bond donors (Lipinski definition) is 1. The average molecular weight is 362 g/mol. The number of thioether (sulfide) groups is 1. The first kappa shape index (κ1) is 17.3. The van der Waals surface area contributed by atoms with E-state index in [9.17, 15) is 15.2 Å². The predicted molar refractivity (Wildman–Crippen MR) is 101 cm³/mol. The Hall–Kier alpha value is -1.07. The summed E-state index contributed by atoms with van der Waals surface area (Å²) in [4.78, 5) is 10.6. The molecule has 2 bridgehead atoms. The summed E-state index contributed by atoms with van der Waals surface area (Å²) in [5.41, 5.74) is 1.99. The fraction of sp³-hybridized carbons (Fsp3) is 0.700. The molecule has 1 aliphatic heterocycles. The van der Waals surface area contributed by atoms with Crippen molar-refractivity contribution >= 4 is 17.4 Å². The zero-order chi connectivity index (χ0) is 18.0. The van der Waals surface area contributed by atoms with Crippen LogP contribution in [0, 0.1) is 38.7 Å². The Morgan fingerprint density at radius 3 is 2.56 bits per heavy atom. The largest absolute Gasteiger partial charge is 0.396 e. The van der Waals surface area contributed by atoms with Crippen LogP contribution in [0.1, 0.15) is 45.1 Å². The smallest absolute Gasteiger partial charge is 0.269 e. The quantitative estimate of drug-likeness (QED) is 0.637. The van der Waals surface area contributed by atoms with Gasteiger partial charge in [0.05, 0.1) is 4.92 Å². The molecule has 3 fully saturated rings. The number of hydrogen-bond acceptors (Lipinski definition) is 4. The highest BCUT2D eigenvalue weighted by atomic mass is 32.2. The lowest BCUT2D eigenvalue weighted by molar-refractivity contribution is -0.384. The molecule has 4 nitrogen and oxygen atoms in total. The topological polar surface area (TPSA) is 63.4 Å². The molecule has 25 heavy (non-hydrogen) atoms. The summed E-state index contributed by atoms with van der Waals surface area (Å²) in [6.45, 7) is 7.54. The molecule has 6 atom stereocenters. The minimum atomic E-state index is -0.339. The van der Waals surface area contributed by atoms with Crippen LogP contribution in [0.5, 0.6) is 0 Å². The summed E-state index contributed by atoms with van der Waals surface area (Å²) in [6.07, 6.45) is 2.57. The molecule has 0 aromatic heterocycles. The normalized spacial score (nSPS) is 41.5. The first-order valence-corrected chi connectivity index (χ1v) is 10.3. The highest BCUT2D eigenvalue weighted by molar-refractivity contribution is 8.00. The lowest BCUT2D eigenvalue weighted by Gasteiger charge is -2.47. The van der Waals surface area contributed by atoms with Gasteiger partial charge in [-0.2, -0.15) is 11.8 Å². The molecule has 136 valence electrons. The Kier molecular flexibility index (Phi) is 3.97. The highest BCUT2D eigenvalue weighted by Crippen LogP contribution is 2.74. The van der Waals surface area contributed by atoms with Crippen LogP contribution >= 0.6 is 11.8 Å². The molecular weight excluding hydrogens is 334 g/mol. The van der Waals surface area contributed by atoms with Gasteiger partial charge in [0.1, 0.15) is 0 Å². The van der Waals surface area contributed by atoms with E-state index in [1.54, 1.807) is 12.1 Å². The van der Waals surface area contributed by atoms with Crippen molar-refractivity contribution in [3.05, 3.63) is 39.9 Å². The molecular formula is C20H27NO3S. The van der Waals surface area contributed by atoms with Gasteiger partial charge in [0, 0.05) is 24.0 Å². The molecule has 0 amide bonds. The van der Waals surface area contributed by atoms with Gasteiger partial charge in [-0.05, 0) is 58.7 Å². The third kappa shape index (κ3) is 2.24. The third-order valence-corrected chi connectivity index (χ3v) is 9.77. The molecule has 3 aliphatic rings. The van der Waals surface area contributed by atoms with Crippen LogP contribution in [0.15, 0.2) is 24.3 Å². The summed E-state index contributed by atoms with van der Waals surface area (Å²) in [6, 6.07) is 7.11. The number of aliphatic hydroxyl groups excluding tert-OH is 1. The number of benzene rings is 1. The molecule has 0 unspecified atom stereocenters. The second-order valence-electron chi connectivity index (χ2n) is 8.93. The zero-order valence-electron chi connectivity index (χ0n) is 15.1. The molecule has 1 aromatic carbocycles. The van der Waals surface area contributed by atoms with E-state index in [1.807, 2.05) is 12.1 Å². The van der Waals surface area contributed by atoms with Gasteiger partial charge in [-0.1, -0.05) is 32.9 Å². The number of nitro benzene ring substituents is 1. The fourth-order valence-electron chi connectivity index (χ4n) is 6.24. The van der Waals surface area contributed by atoms with E-state index in [2.05, 4.69) is 32.5 Å². The number of nitro groups is 1. The molecule has 1 saturated heterocycles. The summed E-state index contributed by atoms with van der Waals surface area (Å²) in [5, 5.41) is 21.6. The number of nitrogens with zero attached hydrogens (tertiary/aromatic N) is 1. The molecule has 4 rings (SSSR count). The van der Waals surface area contributed by atoms with E-state index in [1.165, 1.54) is 18.4 Å². The number of fused-ring (bicyclic) bond motifs is 5. The van der Waals surface area contributed by atoms with E-state index in [4.69, 9.17) is 0 Å². The molecule has 1 N–H and O–H groups in total. The lowest BCUT2D eigenvalue weighted by Crippen LogP contribution is -2.43. The van der Waals surface area contributed by atoms with Gasteiger partial charge in [0.2, 0.25) is 0 Å². The van der Waals surface area contributed by atoms with Crippen molar-refractivity contribution in [1.29, 1.82) is 0 Å². The van der Waals surface area contributed by atoms with Gasteiger partial charge in [-0.25, -0.2) is 0 Å². The molecule has 1 heterocycles. The SMILES string of the molecule is CC1(C)[C@@H]2CC[C@@]1(C)[C@@H]1SC[C@H](CO)[C@H](c3ccc([N+](=O)[O-])cc3)[C@H]21. The predicted octanol–water partition coefficient (Wildman–Crippen LogP) is 4.47. The minimum absolute atomic E-state index is 0.145. The first-order chi connectivity index (χ1) is 11.8. The van der Waals surface area contributed by atoms with Crippen molar-refractivity contribution in [3.8, 4) is 0 Å². The van der Waals surface area contributed by atoms with Gasteiger partial charge in [0.15, 0.2) is 0 Å². The molecule has 2 aliphatic carbocycles. The van der Waals surface area contributed by atoms with Gasteiger partial charge in [-0.3, -0.25) is 10.1 Å². The summed E-state index contributed by atoms with van der Waals surface area (Å²) in [7, 11) is 0. The Morgan fingerprint density at radius 1 is 1.28 bits per heavy atom. The molecule has 0 spiro atoms.